The lowest BCUT2D eigenvalue weighted by atomic mass is 10.2. The van der Waals surface area contributed by atoms with Crippen molar-refractivity contribution < 1.29 is 14.6 Å². The number of pyridine rings is 1. The van der Waals surface area contributed by atoms with Crippen molar-refractivity contribution in [2.24, 2.45) is 0 Å². The molecular weight excluding hydrogens is 264 g/mol. The second-order valence-corrected chi connectivity index (χ2v) is 4.79. The number of carboxylic acid groups (broad SMARTS) is 1. The van der Waals surface area contributed by atoms with Gasteiger partial charge in [-0.2, -0.15) is 0 Å². The summed E-state index contributed by atoms with van der Waals surface area (Å²) in [6.45, 7) is 0. The summed E-state index contributed by atoms with van der Waals surface area (Å²) in [6, 6.07) is 8.90. The number of methoxy groups -OCH3 is 1. The smallest absolute Gasteiger partial charge is 0.337 e. The van der Waals surface area contributed by atoms with Crippen LogP contribution in [-0.2, 0) is 0 Å². The zero-order valence-corrected chi connectivity index (χ0v) is 11.0. The minimum absolute atomic E-state index is 0.0559. The van der Waals surface area contributed by atoms with Crippen LogP contribution in [0.15, 0.2) is 46.5 Å². The molecule has 0 aliphatic heterocycles. The lowest BCUT2D eigenvalue weighted by Crippen LogP contribution is -2.03. The van der Waals surface area contributed by atoms with Crippen molar-refractivity contribution in [2.75, 3.05) is 12.8 Å². The van der Waals surface area contributed by atoms with Crippen molar-refractivity contribution in [1.29, 1.82) is 0 Å². The number of nitrogens with two attached hydrogens (primary N) is 1. The molecule has 0 bridgehead atoms. The summed E-state index contributed by atoms with van der Waals surface area (Å²) >= 11 is 1.35. The van der Waals surface area contributed by atoms with Crippen molar-refractivity contribution in [1.82, 2.24) is 4.98 Å². The van der Waals surface area contributed by atoms with Gasteiger partial charge in [-0.15, -0.1) is 0 Å². The molecule has 0 spiro atoms. The first-order valence-corrected chi connectivity index (χ1v) is 6.22. The summed E-state index contributed by atoms with van der Waals surface area (Å²) < 4.78 is 5.13. The van der Waals surface area contributed by atoms with E-state index < -0.39 is 5.97 Å². The molecule has 0 fully saturated rings. The van der Waals surface area contributed by atoms with Crippen LogP contribution in [-0.4, -0.2) is 23.2 Å². The average molecular weight is 276 g/mol. The number of carboxylic acids is 1. The number of hydrogen-bond donors (Lipinski definition) is 2. The molecule has 6 heteroatoms. The monoisotopic (exact) mass is 276 g/mol. The first-order chi connectivity index (χ1) is 9.10. The van der Waals surface area contributed by atoms with Crippen molar-refractivity contribution >= 4 is 23.4 Å². The second-order valence-electron chi connectivity index (χ2n) is 3.70. The van der Waals surface area contributed by atoms with E-state index in [1.54, 1.807) is 7.11 Å². The minimum atomic E-state index is -1.06. The van der Waals surface area contributed by atoms with Gasteiger partial charge in [0.1, 0.15) is 10.8 Å². The van der Waals surface area contributed by atoms with E-state index in [1.165, 1.54) is 24.0 Å². The van der Waals surface area contributed by atoms with E-state index in [0.29, 0.717) is 5.03 Å². The Labute approximate surface area is 114 Å². The van der Waals surface area contributed by atoms with Gasteiger partial charge in [0.05, 0.1) is 24.6 Å². The van der Waals surface area contributed by atoms with Crippen LogP contribution in [0.2, 0.25) is 0 Å². The summed E-state index contributed by atoms with van der Waals surface area (Å²) in [5, 5.41) is 9.57. The standard InChI is InChI=1S/C13H12N2O3S/c1-18-8-3-2-4-9(5-8)19-12-6-10(13(16)17)11(14)7-15-12/h2-7H,14H2,1H3,(H,16,17). The Kier molecular flexibility index (Phi) is 3.91. The molecule has 1 heterocycles. The van der Waals surface area contributed by atoms with Gasteiger partial charge in [0, 0.05) is 4.90 Å². The summed E-state index contributed by atoms with van der Waals surface area (Å²) in [7, 11) is 1.59. The number of benzene rings is 1. The van der Waals surface area contributed by atoms with E-state index in [9.17, 15) is 4.79 Å². The van der Waals surface area contributed by atoms with Crippen molar-refractivity contribution in [3.63, 3.8) is 0 Å². The zero-order chi connectivity index (χ0) is 13.8. The van der Waals surface area contributed by atoms with Crippen LogP contribution < -0.4 is 10.5 Å². The highest BCUT2D eigenvalue weighted by Gasteiger charge is 2.10. The molecule has 2 aromatic rings. The molecule has 98 valence electrons. The Morgan fingerprint density at radius 3 is 2.89 bits per heavy atom. The van der Waals surface area contributed by atoms with Gasteiger partial charge in [-0.1, -0.05) is 17.8 Å². The molecule has 19 heavy (non-hydrogen) atoms. The predicted molar refractivity (Wildman–Crippen MR) is 72.7 cm³/mol. The number of nitrogens with zero attached hydrogens (tertiary/aromatic N) is 1. The number of nitrogen functional groups attached to an aromatic ring is 1. The molecule has 0 aliphatic carbocycles. The van der Waals surface area contributed by atoms with Crippen LogP contribution in [0.25, 0.3) is 0 Å². The highest BCUT2D eigenvalue weighted by atomic mass is 32.2. The molecule has 0 radical (unpaired) electrons. The molecular formula is C13H12N2O3S. The lowest BCUT2D eigenvalue weighted by molar-refractivity contribution is 0.0697. The highest BCUT2D eigenvalue weighted by molar-refractivity contribution is 7.99. The maximum atomic E-state index is 11.0. The van der Waals surface area contributed by atoms with Crippen LogP contribution in [0, 0.1) is 0 Å². The van der Waals surface area contributed by atoms with Gasteiger partial charge in [-0.3, -0.25) is 0 Å². The van der Waals surface area contributed by atoms with Crippen LogP contribution in [0.5, 0.6) is 5.75 Å². The fourth-order valence-corrected chi connectivity index (χ4v) is 2.32. The molecule has 0 aliphatic rings. The van der Waals surface area contributed by atoms with Crippen LogP contribution >= 0.6 is 11.8 Å². The number of carbonyl (C=O) groups is 1. The predicted octanol–water partition coefficient (Wildman–Crippen LogP) is 2.52. The molecule has 1 aromatic carbocycles. The second kappa shape index (κ2) is 5.62. The Hall–Kier alpha value is -2.21. The molecule has 3 N–H and O–H groups in total. The van der Waals surface area contributed by atoms with Crippen molar-refractivity contribution in [3.8, 4) is 5.75 Å². The Morgan fingerprint density at radius 2 is 2.21 bits per heavy atom. The van der Waals surface area contributed by atoms with Gasteiger partial charge < -0.3 is 15.6 Å². The molecule has 0 saturated heterocycles. The van der Waals surface area contributed by atoms with Gasteiger partial charge in [-0.25, -0.2) is 9.78 Å². The fourth-order valence-electron chi connectivity index (χ4n) is 1.47. The largest absolute Gasteiger partial charge is 0.497 e. The zero-order valence-electron chi connectivity index (χ0n) is 10.2. The highest BCUT2D eigenvalue weighted by Crippen LogP contribution is 2.30. The number of ether oxygens (including phenoxy) is 1. The van der Waals surface area contributed by atoms with E-state index >= 15 is 0 Å². The number of anilines is 1. The number of aromatic carboxylic acids is 1. The average Bonchev–Trinajstić information content (AvgIpc) is 2.41. The van der Waals surface area contributed by atoms with E-state index in [0.717, 1.165) is 10.6 Å². The topological polar surface area (TPSA) is 85.4 Å². The van der Waals surface area contributed by atoms with E-state index in [2.05, 4.69) is 4.98 Å². The summed E-state index contributed by atoms with van der Waals surface area (Å²) in [5.74, 6) is -0.328. The Balaban J connectivity index is 2.28. The fraction of sp³-hybridized carbons (Fsp3) is 0.0769. The molecule has 0 amide bonds. The van der Waals surface area contributed by atoms with E-state index in [4.69, 9.17) is 15.6 Å². The molecule has 0 unspecified atom stereocenters. The third-order valence-corrected chi connectivity index (χ3v) is 3.33. The molecule has 1 aromatic heterocycles. The van der Waals surface area contributed by atoms with Gasteiger partial charge in [-0.05, 0) is 24.3 Å². The van der Waals surface area contributed by atoms with Gasteiger partial charge in [0.25, 0.3) is 0 Å². The van der Waals surface area contributed by atoms with Crippen LogP contribution in [0.3, 0.4) is 0 Å². The maximum absolute atomic E-state index is 11.0. The van der Waals surface area contributed by atoms with Crippen LogP contribution in [0.4, 0.5) is 5.69 Å². The molecule has 0 saturated carbocycles. The third kappa shape index (κ3) is 3.17. The Morgan fingerprint density at radius 1 is 1.42 bits per heavy atom. The summed E-state index contributed by atoms with van der Waals surface area (Å²) in [4.78, 5) is 16.0. The lowest BCUT2D eigenvalue weighted by Gasteiger charge is -2.05. The summed E-state index contributed by atoms with van der Waals surface area (Å²) in [5.41, 5.74) is 5.77. The van der Waals surface area contributed by atoms with Crippen molar-refractivity contribution in [3.05, 3.63) is 42.1 Å². The number of hydrogen-bond acceptors (Lipinski definition) is 5. The first-order valence-electron chi connectivity index (χ1n) is 5.41. The van der Waals surface area contributed by atoms with Crippen LogP contribution in [0.1, 0.15) is 10.4 Å². The number of aromatic nitrogens is 1. The normalized spacial score (nSPS) is 10.2. The molecule has 2 rings (SSSR count). The van der Waals surface area contributed by atoms with Crippen molar-refractivity contribution in [2.45, 2.75) is 9.92 Å². The minimum Gasteiger partial charge on any atom is -0.497 e. The van der Waals surface area contributed by atoms with Gasteiger partial charge in [0.15, 0.2) is 0 Å². The molecule has 5 nitrogen and oxygen atoms in total. The number of rotatable bonds is 4. The third-order valence-electron chi connectivity index (χ3n) is 2.40. The van der Waals surface area contributed by atoms with E-state index in [-0.39, 0.29) is 11.3 Å². The first kappa shape index (κ1) is 13.2. The molecule has 0 atom stereocenters. The van der Waals surface area contributed by atoms with Gasteiger partial charge >= 0.3 is 5.97 Å². The maximum Gasteiger partial charge on any atom is 0.337 e. The van der Waals surface area contributed by atoms with E-state index in [1.807, 2.05) is 24.3 Å². The Bertz CT molecular complexity index is 617. The summed E-state index contributed by atoms with van der Waals surface area (Å²) in [6.07, 6.45) is 1.35. The van der Waals surface area contributed by atoms with Gasteiger partial charge in [0.2, 0.25) is 0 Å². The SMILES string of the molecule is COc1cccc(Sc2cc(C(=O)O)c(N)cn2)c1. The quantitative estimate of drug-likeness (QED) is 0.892.